The number of nitrogens with one attached hydrogen (secondary N) is 2. The zero-order valence-corrected chi connectivity index (χ0v) is 25.5. The zero-order chi connectivity index (χ0) is 32.5. The number of imidazole rings is 1. The van der Waals surface area contributed by atoms with E-state index in [1.807, 2.05) is 6.07 Å². The Morgan fingerprint density at radius 2 is 1.78 bits per heavy atom. The molecule has 45 heavy (non-hydrogen) atoms. The van der Waals surface area contributed by atoms with Crippen molar-refractivity contribution in [2.75, 3.05) is 17.2 Å². The van der Waals surface area contributed by atoms with Gasteiger partial charge in [0.05, 0.1) is 21.7 Å². The Hall–Kier alpha value is -4.06. The number of carbonyl (C=O) groups excluding carboxylic acids is 1. The first kappa shape index (κ1) is 32.3. The van der Waals surface area contributed by atoms with E-state index >= 15 is 0 Å². The minimum Gasteiger partial charge on any atom is -0.484 e. The number of halogens is 6. The zero-order valence-electron chi connectivity index (χ0n) is 24.7. The van der Waals surface area contributed by atoms with E-state index in [-0.39, 0.29) is 33.5 Å². The molecule has 1 saturated carbocycles. The summed E-state index contributed by atoms with van der Waals surface area (Å²) < 4.78 is 75.9. The highest BCUT2D eigenvalue weighted by Crippen LogP contribution is 2.46. The number of hydrogen-bond donors (Lipinski definition) is 2. The lowest BCUT2D eigenvalue weighted by molar-refractivity contribution is -0.274. The summed E-state index contributed by atoms with van der Waals surface area (Å²) in [4.78, 5) is 17.4. The fourth-order valence-corrected chi connectivity index (χ4v) is 6.26. The molecule has 5 rings (SSSR count). The van der Waals surface area contributed by atoms with Crippen LogP contribution in [0.4, 0.5) is 39.3 Å². The first-order chi connectivity index (χ1) is 21.2. The van der Waals surface area contributed by atoms with Crippen molar-refractivity contribution in [1.82, 2.24) is 9.55 Å². The highest BCUT2D eigenvalue weighted by molar-refractivity contribution is 6.33. The van der Waals surface area contributed by atoms with Gasteiger partial charge in [-0.25, -0.2) is 13.8 Å². The Bertz CT molecular complexity index is 1670. The van der Waals surface area contributed by atoms with E-state index in [4.69, 9.17) is 21.3 Å². The first-order valence-corrected chi connectivity index (χ1v) is 14.7. The smallest absolute Gasteiger partial charge is 0.484 e. The summed E-state index contributed by atoms with van der Waals surface area (Å²) in [6.07, 6.45) is -4.62. The molecule has 7 nitrogen and oxygen atoms in total. The number of alkyl halides is 5. The van der Waals surface area contributed by atoms with Crippen molar-refractivity contribution < 1.29 is 36.2 Å². The maximum Gasteiger partial charge on any atom is 0.573 e. The third kappa shape index (κ3) is 8.16. The maximum absolute atomic E-state index is 13.1. The molecule has 4 aromatic rings. The summed E-state index contributed by atoms with van der Waals surface area (Å²) in [5, 5.41) is 5.86. The molecule has 1 heterocycles. The molecule has 13 heteroatoms. The van der Waals surface area contributed by atoms with Crippen molar-refractivity contribution in [3.05, 3.63) is 71.2 Å². The molecular weight excluding hydrogens is 619 g/mol. The van der Waals surface area contributed by atoms with Crippen LogP contribution in [0.1, 0.15) is 58.1 Å². The predicted octanol–water partition coefficient (Wildman–Crippen LogP) is 9.67. The van der Waals surface area contributed by atoms with Gasteiger partial charge in [-0.2, -0.15) is 0 Å². The Morgan fingerprint density at radius 3 is 2.44 bits per heavy atom. The van der Waals surface area contributed by atoms with E-state index in [0.717, 1.165) is 30.8 Å². The summed E-state index contributed by atoms with van der Waals surface area (Å²) in [7, 11) is 0. The fraction of sp³-hybridized carbons (Fsp3) is 0.375. The standard InChI is InChI=1S/C32H32ClF5N4O3/c1-18-12-21(16-31(2,3)15-18)42-27-11-9-23(44-17-28(43)40-25-13-19(29(34)35)4-10-24(25)33)14-26(27)41-30(42)39-20-5-7-22(8-6-20)45-32(36,37)38/h4-11,13-14,18,21,29H,12,15-17H2,1-3H3,(H,39,41)(H,40,43)/t18-,21-/m1/s1. The molecule has 3 aromatic carbocycles. The third-order valence-electron chi connectivity index (χ3n) is 7.62. The summed E-state index contributed by atoms with van der Waals surface area (Å²) in [6.45, 7) is 6.27. The lowest BCUT2D eigenvalue weighted by Crippen LogP contribution is -2.29. The molecule has 0 radical (unpaired) electrons. The van der Waals surface area contributed by atoms with Crippen LogP contribution in [0.25, 0.3) is 11.0 Å². The van der Waals surface area contributed by atoms with Crippen LogP contribution in [0.5, 0.6) is 11.5 Å². The molecule has 1 fully saturated rings. The fourth-order valence-electron chi connectivity index (χ4n) is 6.10. The van der Waals surface area contributed by atoms with Crippen molar-refractivity contribution in [3.63, 3.8) is 0 Å². The number of rotatable bonds is 9. The van der Waals surface area contributed by atoms with E-state index in [9.17, 15) is 26.7 Å². The van der Waals surface area contributed by atoms with E-state index in [1.165, 1.54) is 36.4 Å². The summed E-state index contributed by atoms with van der Waals surface area (Å²) >= 11 is 6.06. The van der Waals surface area contributed by atoms with Gasteiger partial charge in [-0.1, -0.05) is 38.4 Å². The molecule has 2 N–H and O–H groups in total. The number of ether oxygens (including phenoxy) is 2. The molecule has 2 atom stereocenters. The van der Waals surface area contributed by atoms with Gasteiger partial charge in [0, 0.05) is 23.4 Å². The number of amides is 1. The SMILES string of the molecule is C[C@@H]1C[C@@H](n2c(Nc3ccc(OC(F)(F)F)cc3)nc3cc(OCC(=O)Nc4cc(C(F)F)ccc4Cl)ccc32)CC(C)(C)C1. The Morgan fingerprint density at radius 1 is 1.07 bits per heavy atom. The van der Waals surface area contributed by atoms with Gasteiger partial charge in [0.25, 0.3) is 12.3 Å². The molecule has 1 aliphatic carbocycles. The topological polar surface area (TPSA) is 77.4 Å². The lowest BCUT2D eigenvalue weighted by Gasteiger charge is -2.40. The molecule has 0 saturated heterocycles. The van der Waals surface area contributed by atoms with E-state index < -0.39 is 25.3 Å². The Balaban J connectivity index is 1.38. The minimum absolute atomic E-state index is 0.0515. The first-order valence-electron chi connectivity index (χ1n) is 14.3. The second-order valence-corrected chi connectivity index (χ2v) is 12.5. The van der Waals surface area contributed by atoms with Crippen LogP contribution < -0.4 is 20.1 Å². The molecule has 0 unspecified atom stereocenters. The van der Waals surface area contributed by atoms with Crippen LogP contribution in [0, 0.1) is 11.3 Å². The van der Waals surface area contributed by atoms with E-state index in [0.29, 0.717) is 28.8 Å². The van der Waals surface area contributed by atoms with Gasteiger partial charge in [0.15, 0.2) is 6.61 Å². The van der Waals surface area contributed by atoms with Gasteiger partial charge in [-0.3, -0.25) is 4.79 Å². The van der Waals surface area contributed by atoms with Crippen LogP contribution in [0.15, 0.2) is 60.7 Å². The summed E-state index contributed by atoms with van der Waals surface area (Å²) in [6, 6.07) is 14.3. The van der Waals surface area contributed by atoms with E-state index in [1.54, 1.807) is 12.1 Å². The van der Waals surface area contributed by atoms with Crippen molar-refractivity contribution in [3.8, 4) is 11.5 Å². The normalized spacial score (nSPS) is 18.2. The monoisotopic (exact) mass is 650 g/mol. The number of carbonyl (C=O) groups is 1. The quantitative estimate of drug-likeness (QED) is 0.176. The van der Waals surface area contributed by atoms with Crippen molar-refractivity contribution in [2.45, 2.75) is 58.9 Å². The van der Waals surface area contributed by atoms with Crippen molar-refractivity contribution in [1.29, 1.82) is 0 Å². The van der Waals surface area contributed by atoms with Crippen molar-refractivity contribution in [2.24, 2.45) is 11.3 Å². The van der Waals surface area contributed by atoms with Crippen LogP contribution in [-0.2, 0) is 4.79 Å². The molecule has 240 valence electrons. The number of anilines is 3. The molecule has 1 amide bonds. The Labute approximate surface area is 261 Å². The van der Waals surface area contributed by atoms with Crippen LogP contribution >= 0.6 is 11.6 Å². The number of benzene rings is 3. The second-order valence-electron chi connectivity index (χ2n) is 12.1. The van der Waals surface area contributed by atoms with Gasteiger partial charge in [0.1, 0.15) is 11.5 Å². The van der Waals surface area contributed by atoms with Gasteiger partial charge in [0.2, 0.25) is 5.95 Å². The highest BCUT2D eigenvalue weighted by Gasteiger charge is 2.35. The van der Waals surface area contributed by atoms with E-state index in [2.05, 4.69) is 40.7 Å². The van der Waals surface area contributed by atoms with Gasteiger partial charge < -0.3 is 24.7 Å². The van der Waals surface area contributed by atoms with Gasteiger partial charge >= 0.3 is 6.36 Å². The lowest BCUT2D eigenvalue weighted by atomic mass is 9.70. The minimum atomic E-state index is -4.79. The van der Waals surface area contributed by atoms with Crippen LogP contribution in [-0.4, -0.2) is 28.4 Å². The number of fused-ring (bicyclic) bond motifs is 1. The summed E-state index contributed by atoms with van der Waals surface area (Å²) in [5.74, 6) is 0.394. The number of nitrogens with zero attached hydrogens (tertiary/aromatic N) is 2. The second kappa shape index (κ2) is 12.7. The highest BCUT2D eigenvalue weighted by atomic mass is 35.5. The summed E-state index contributed by atoms with van der Waals surface area (Å²) in [5.41, 5.74) is 1.78. The average molecular weight is 651 g/mol. The average Bonchev–Trinajstić information content (AvgIpc) is 3.29. The van der Waals surface area contributed by atoms with Gasteiger partial charge in [-0.05, 0) is 79.1 Å². The number of hydrogen-bond acceptors (Lipinski definition) is 5. The molecule has 0 spiro atoms. The van der Waals surface area contributed by atoms with Crippen molar-refractivity contribution >= 4 is 45.9 Å². The van der Waals surface area contributed by atoms with Crippen LogP contribution in [0.2, 0.25) is 5.02 Å². The number of aromatic nitrogens is 2. The largest absolute Gasteiger partial charge is 0.573 e. The molecule has 0 aliphatic heterocycles. The predicted molar refractivity (Wildman–Crippen MR) is 163 cm³/mol. The molecular formula is C32H32ClF5N4O3. The van der Waals surface area contributed by atoms with Gasteiger partial charge in [-0.15, -0.1) is 13.2 Å². The third-order valence-corrected chi connectivity index (χ3v) is 7.95. The molecule has 1 aromatic heterocycles. The maximum atomic E-state index is 13.1. The molecule has 0 bridgehead atoms. The van der Waals surface area contributed by atoms with Crippen LogP contribution in [0.3, 0.4) is 0 Å². The Kier molecular flexibility index (Phi) is 9.16. The molecule has 1 aliphatic rings.